The van der Waals surface area contributed by atoms with Gasteiger partial charge in [-0.2, -0.15) is 0 Å². The Kier molecular flexibility index (Phi) is 12.7. The molecule has 0 amide bonds. The van der Waals surface area contributed by atoms with Gasteiger partial charge in [0.05, 0.1) is 39.6 Å². The first kappa shape index (κ1) is 17.6. The quantitative estimate of drug-likeness (QED) is 0.405. The van der Waals surface area contributed by atoms with Crippen LogP contribution in [0.3, 0.4) is 0 Å². The van der Waals surface area contributed by atoms with Crippen LogP contribution in [0, 0.1) is 5.92 Å². The zero-order valence-corrected chi connectivity index (χ0v) is 12.1. The summed E-state index contributed by atoms with van der Waals surface area (Å²) in [5.74, 6) is 0.404. The summed E-state index contributed by atoms with van der Waals surface area (Å²) in [5.41, 5.74) is 0. The van der Waals surface area contributed by atoms with Crippen molar-refractivity contribution in [2.75, 3.05) is 46.2 Å². The standard InChI is InChI=1S/C14H29NO3/c1-5-14(4)12-18-11-10-17-9-8-16-7-6-15-13(2)3/h5,13-15H,1,6-12H2,2-4H3. The number of hydrogen-bond acceptors (Lipinski definition) is 4. The van der Waals surface area contributed by atoms with E-state index in [0.29, 0.717) is 45.0 Å². The zero-order valence-electron chi connectivity index (χ0n) is 12.1. The van der Waals surface area contributed by atoms with E-state index in [1.165, 1.54) is 0 Å². The molecule has 0 aliphatic carbocycles. The average Bonchev–Trinajstić information content (AvgIpc) is 2.35. The third kappa shape index (κ3) is 13.6. The Morgan fingerprint density at radius 1 is 0.944 bits per heavy atom. The highest BCUT2D eigenvalue weighted by Crippen LogP contribution is 1.95. The Hall–Kier alpha value is -0.420. The summed E-state index contributed by atoms with van der Waals surface area (Å²) in [5, 5.41) is 3.29. The van der Waals surface area contributed by atoms with E-state index in [-0.39, 0.29) is 0 Å². The van der Waals surface area contributed by atoms with Crippen LogP contribution in [0.15, 0.2) is 12.7 Å². The van der Waals surface area contributed by atoms with E-state index in [0.717, 1.165) is 13.2 Å². The second-order valence-electron chi connectivity index (χ2n) is 4.62. The molecule has 0 rings (SSSR count). The highest BCUT2D eigenvalue weighted by molar-refractivity contribution is 4.73. The van der Waals surface area contributed by atoms with Gasteiger partial charge in [-0.1, -0.05) is 26.8 Å². The first-order chi connectivity index (χ1) is 8.66. The molecule has 18 heavy (non-hydrogen) atoms. The molecule has 0 aromatic heterocycles. The minimum atomic E-state index is 0.404. The topological polar surface area (TPSA) is 39.7 Å². The summed E-state index contributed by atoms with van der Waals surface area (Å²) in [4.78, 5) is 0. The molecule has 0 spiro atoms. The molecule has 4 nitrogen and oxygen atoms in total. The molecule has 0 aromatic carbocycles. The van der Waals surface area contributed by atoms with Crippen molar-refractivity contribution in [1.29, 1.82) is 0 Å². The molecule has 0 aromatic rings. The fourth-order valence-corrected chi connectivity index (χ4v) is 1.20. The fourth-order valence-electron chi connectivity index (χ4n) is 1.20. The van der Waals surface area contributed by atoms with E-state index in [1.54, 1.807) is 0 Å². The van der Waals surface area contributed by atoms with E-state index >= 15 is 0 Å². The van der Waals surface area contributed by atoms with Gasteiger partial charge in [-0.05, 0) is 5.92 Å². The number of nitrogens with one attached hydrogen (secondary N) is 1. The Balaban J connectivity index is 3.01. The molecule has 0 bridgehead atoms. The molecule has 0 aliphatic rings. The summed E-state index contributed by atoms with van der Waals surface area (Å²) in [7, 11) is 0. The monoisotopic (exact) mass is 259 g/mol. The van der Waals surface area contributed by atoms with Crippen molar-refractivity contribution < 1.29 is 14.2 Å². The van der Waals surface area contributed by atoms with Crippen LogP contribution in [-0.2, 0) is 14.2 Å². The molecule has 0 fully saturated rings. The fraction of sp³-hybridized carbons (Fsp3) is 0.857. The van der Waals surface area contributed by atoms with Gasteiger partial charge in [0.2, 0.25) is 0 Å². The van der Waals surface area contributed by atoms with Gasteiger partial charge in [-0.15, -0.1) is 6.58 Å². The normalized spacial score (nSPS) is 12.9. The SMILES string of the molecule is C=CC(C)COCCOCCOCCNC(C)C. The lowest BCUT2D eigenvalue weighted by Crippen LogP contribution is -2.27. The second kappa shape index (κ2) is 13.0. The predicted octanol–water partition coefficient (Wildman–Crippen LogP) is 1.86. The maximum atomic E-state index is 5.41. The van der Waals surface area contributed by atoms with E-state index in [9.17, 15) is 0 Å². The van der Waals surface area contributed by atoms with Crippen molar-refractivity contribution in [3.63, 3.8) is 0 Å². The van der Waals surface area contributed by atoms with Gasteiger partial charge in [-0.25, -0.2) is 0 Å². The van der Waals surface area contributed by atoms with Crippen LogP contribution in [0.5, 0.6) is 0 Å². The van der Waals surface area contributed by atoms with Gasteiger partial charge < -0.3 is 19.5 Å². The van der Waals surface area contributed by atoms with Crippen LogP contribution < -0.4 is 5.32 Å². The van der Waals surface area contributed by atoms with Crippen LogP contribution in [0.25, 0.3) is 0 Å². The highest BCUT2D eigenvalue weighted by atomic mass is 16.5. The first-order valence-electron chi connectivity index (χ1n) is 6.76. The summed E-state index contributed by atoms with van der Waals surface area (Å²) >= 11 is 0. The van der Waals surface area contributed by atoms with E-state index < -0.39 is 0 Å². The Morgan fingerprint density at radius 3 is 2.06 bits per heavy atom. The highest BCUT2D eigenvalue weighted by Gasteiger charge is 1.96. The molecule has 108 valence electrons. The molecule has 1 unspecified atom stereocenters. The summed E-state index contributed by atoms with van der Waals surface area (Å²) in [6.07, 6.45) is 1.89. The largest absolute Gasteiger partial charge is 0.378 e. The van der Waals surface area contributed by atoms with Crippen molar-refractivity contribution >= 4 is 0 Å². The summed E-state index contributed by atoms with van der Waals surface area (Å²) in [6.45, 7) is 14.9. The van der Waals surface area contributed by atoms with E-state index in [1.807, 2.05) is 6.08 Å². The summed E-state index contributed by atoms with van der Waals surface area (Å²) < 4.78 is 16.2. The third-order valence-corrected chi connectivity index (χ3v) is 2.33. The molecule has 0 saturated heterocycles. The Bertz CT molecular complexity index is 186. The van der Waals surface area contributed by atoms with Gasteiger partial charge in [0.25, 0.3) is 0 Å². The molecular formula is C14H29NO3. The summed E-state index contributed by atoms with van der Waals surface area (Å²) in [6, 6.07) is 0.514. The minimum Gasteiger partial charge on any atom is -0.378 e. The molecule has 0 heterocycles. The van der Waals surface area contributed by atoms with Crippen LogP contribution in [0.4, 0.5) is 0 Å². The van der Waals surface area contributed by atoms with Crippen molar-refractivity contribution in [2.24, 2.45) is 5.92 Å². The predicted molar refractivity (Wildman–Crippen MR) is 75.0 cm³/mol. The Labute approximate surface area is 112 Å². The van der Waals surface area contributed by atoms with E-state index in [2.05, 4.69) is 32.7 Å². The van der Waals surface area contributed by atoms with Gasteiger partial charge in [-0.3, -0.25) is 0 Å². The maximum absolute atomic E-state index is 5.41. The zero-order chi connectivity index (χ0) is 13.6. The maximum Gasteiger partial charge on any atom is 0.0701 e. The van der Waals surface area contributed by atoms with Crippen molar-refractivity contribution in [3.8, 4) is 0 Å². The average molecular weight is 259 g/mol. The van der Waals surface area contributed by atoms with Gasteiger partial charge >= 0.3 is 0 Å². The van der Waals surface area contributed by atoms with Crippen molar-refractivity contribution in [1.82, 2.24) is 5.32 Å². The van der Waals surface area contributed by atoms with Gasteiger partial charge in [0.15, 0.2) is 0 Å². The van der Waals surface area contributed by atoms with Crippen LogP contribution in [0.2, 0.25) is 0 Å². The molecule has 0 saturated carbocycles. The molecule has 0 aliphatic heterocycles. The molecule has 0 radical (unpaired) electrons. The number of hydrogen-bond donors (Lipinski definition) is 1. The molecular weight excluding hydrogens is 230 g/mol. The molecule has 4 heteroatoms. The number of rotatable bonds is 13. The number of ether oxygens (including phenoxy) is 3. The lowest BCUT2D eigenvalue weighted by Gasteiger charge is -2.09. The molecule has 1 atom stereocenters. The lowest BCUT2D eigenvalue weighted by atomic mass is 10.2. The van der Waals surface area contributed by atoms with Crippen LogP contribution in [-0.4, -0.2) is 52.2 Å². The van der Waals surface area contributed by atoms with Crippen molar-refractivity contribution in [2.45, 2.75) is 26.8 Å². The van der Waals surface area contributed by atoms with Crippen LogP contribution in [0.1, 0.15) is 20.8 Å². The lowest BCUT2D eigenvalue weighted by molar-refractivity contribution is 0.0114. The van der Waals surface area contributed by atoms with Gasteiger partial charge in [0, 0.05) is 12.6 Å². The van der Waals surface area contributed by atoms with Gasteiger partial charge in [0.1, 0.15) is 0 Å². The third-order valence-electron chi connectivity index (χ3n) is 2.33. The minimum absolute atomic E-state index is 0.404. The van der Waals surface area contributed by atoms with Crippen LogP contribution >= 0.6 is 0 Å². The second-order valence-corrected chi connectivity index (χ2v) is 4.62. The van der Waals surface area contributed by atoms with Crippen molar-refractivity contribution in [3.05, 3.63) is 12.7 Å². The molecule has 1 N–H and O–H groups in total. The Morgan fingerprint density at radius 2 is 1.50 bits per heavy atom. The first-order valence-corrected chi connectivity index (χ1v) is 6.76. The smallest absolute Gasteiger partial charge is 0.0701 e. The van der Waals surface area contributed by atoms with E-state index in [4.69, 9.17) is 14.2 Å².